The smallest absolute Gasteiger partial charge is 0.269 e. The van der Waals surface area contributed by atoms with Gasteiger partial charge in [0.15, 0.2) is 0 Å². The number of hydrogen-bond acceptors (Lipinski definition) is 5. The Balaban J connectivity index is 1.80. The fourth-order valence-corrected chi connectivity index (χ4v) is 4.32. The van der Waals surface area contributed by atoms with Crippen LogP contribution in [0.25, 0.3) is 0 Å². The van der Waals surface area contributed by atoms with Crippen molar-refractivity contribution in [3.63, 3.8) is 0 Å². The predicted molar refractivity (Wildman–Crippen MR) is 110 cm³/mol. The van der Waals surface area contributed by atoms with E-state index in [0.29, 0.717) is 45.8 Å². The number of carbonyl (C=O) groups excluding carboxylic acids is 4. The van der Waals surface area contributed by atoms with Crippen LogP contribution in [-0.4, -0.2) is 23.6 Å². The lowest BCUT2D eigenvalue weighted by Crippen LogP contribution is -2.30. The highest BCUT2D eigenvalue weighted by atomic mass is 32.2. The number of amides is 4. The molecule has 13 heteroatoms. The molecule has 35 heavy (non-hydrogen) atoms. The molecule has 0 N–H and O–H groups in total. The first-order valence-electron chi connectivity index (χ1n) is 9.49. The van der Waals surface area contributed by atoms with Gasteiger partial charge in [0.2, 0.25) is 0 Å². The van der Waals surface area contributed by atoms with Crippen molar-refractivity contribution in [2.24, 2.45) is 0 Å². The van der Waals surface area contributed by atoms with Crippen molar-refractivity contribution in [2.75, 3.05) is 9.80 Å². The van der Waals surface area contributed by atoms with Crippen LogP contribution < -0.4 is 9.80 Å². The van der Waals surface area contributed by atoms with E-state index in [1.165, 1.54) is 0 Å². The van der Waals surface area contributed by atoms with E-state index in [0.717, 1.165) is 36.4 Å². The molecule has 0 aromatic heterocycles. The number of hydrogen-bond donors (Lipinski definition) is 0. The van der Waals surface area contributed by atoms with Gasteiger partial charge in [-0.1, -0.05) is 11.8 Å². The number of alkyl halides is 6. The molecule has 0 aliphatic carbocycles. The molecule has 0 saturated carbocycles. The van der Waals surface area contributed by atoms with Crippen molar-refractivity contribution in [1.29, 1.82) is 0 Å². The van der Waals surface area contributed by atoms with Crippen LogP contribution in [0.5, 0.6) is 0 Å². The summed E-state index contributed by atoms with van der Waals surface area (Å²) in [5, 5.41) is 0. The van der Waals surface area contributed by atoms with Gasteiger partial charge in [0, 0.05) is 34.1 Å². The minimum atomic E-state index is -4.90. The van der Waals surface area contributed by atoms with Crippen molar-refractivity contribution < 1.29 is 45.5 Å². The van der Waals surface area contributed by atoms with Gasteiger partial charge in [-0.3, -0.25) is 19.2 Å². The molecular weight excluding hydrogens is 502 g/mol. The summed E-state index contributed by atoms with van der Waals surface area (Å²) in [6.45, 7) is 0. The molecule has 0 bridgehead atoms. The summed E-state index contributed by atoms with van der Waals surface area (Å²) in [5.41, 5.74) is -3.34. The largest absolute Gasteiger partial charge is 0.416 e. The lowest BCUT2D eigenvalue weighted by atomic mass is 10.1. The summed E-state index contributed by atoms with van der Waals surface area (Å²) < 4.78 is 81.0. The Morgan fingerprint density at radius 1 is 0.514 bits per heavy atom. The standard InChI is InChI=1S/C22H10F6N2O4S/c23-21(24,25)11-5-13(29-17(31)1-2-18(29)32)9-15(7-11)35-16-8-12(22(26,27)28)6-14(10-16)30-19(33)3-4-20(30)34/h1-10H. The average molecular weight is 512 g/mol. The molecule has 6 nitrogen and oxygen atoms in total. The second-order valence-electron chi connectivity index (χ2n) is 7.22. The summed E-state index contributed by atoms with van der Waals surface area (Å²) >= 11 is 0.460. The number of benzene rings is 2. The number of halogens is 6. The molecular formula is C22H10F6N2O4S. The van der Waals surface area contributed by atoms with E-state index in [1.54, 1.807) is 0 Å². The Morgan fingerprint density at radius 2 is 0.829 bits per heavy atom. The second-order valence-corrected chi connectivity index (χ2v) is 8.37. The van der Waals surface area contributed by atoms with Crippen LogP contribution in [0, 0.1) is 0 Å². The zero-order chi connectivity index (χ0) is 25.7. The Labute approximate surface area is 196 Å². The van der Waals surface area contributed by atoms with Crippen LogP contribution in [0.3, 0.4) is 0 Å². The van der Waals surface area contributed by atoms with E-state index in [-0.39, 0.29) is 9.79 Å². The van der Waals surface area contributed by atoms with Gasteiger partial charge < -0.3 is 0 Å². The number of carbonyl (C=O) groups is 4. The fraction of sp³-hybridized carbons (Fsp3) is 0.0909. The summed E-state index contributed by atoms with van der Waals surface area (Å²) in [4.78, 5) is 48.3. The summed E-state index contributed by atoms with van der Waals surface area (Å²) in [7, 11) is 0. The second kappa shape index (κ2) is 8.41. The van der Waals surface area contributed by atoms with Gasteiger partial charge in [-0.15, -0.1) is 0 Å². The average Bonchev–Trinajstić information content (AvgIpc) is 3.26. The molecule has 4 rings (SSSR count). The molecule has 0 unspecified atom stereocenters. The quantitative estimate of drug-likeness (QED) is 0.438. The van der Waals surface area contributed by atoms with E-state index in [1.807, 2.05) is 0 Å². The van der Waals surface area contributed by atoms with Crippen LogP contribution in [0.15, 0.2) is 70.5 Å². The zero-order valence-corrected chi connectivity index (χ0v) is 17.8. The van der Waals surface area contributed by atoms with Crippen LogP contribution in [0.1, 0.15) is 11.1 Å². The number of imide groups is 2. The molecule has 2 aromatic rings. The first-order valence-corrected chi connectivity index (χ1v) is 10.3. The highest BCUT2D eigenvalue weighted by molar-refractivity contribution is 7.99. The summed E-state index contributed by atoms with van der Waals surface area (Å²) in [6, 6.07) is 4.49. The Kier molecular flexibility index (Phi) is 5.83. The fourth-order valence-electron chi connectivity index (χ4n) is 3.32. The molecule has 0 radical (unpaired) electrons. The van der Waals surface area contributed by atoms with Gasteiger partial charge in [-0.25, -0.2) is 9.80 Å². The molecule has 0 spiro atoms. The van der Waals surface area contributed by atoms with Gasteiger partial charge in [0.25, 0.3) is 23.6 Å². The summed E-state index contributed by atoms with van der Waals surface area (Å²) in [6.07, 6.45) is -6.33. The van der Waals surface area contributed by atoms with Crippen molar-refractivity contribution in [2.45, 2.75) is 22.1 Å². The third-order valence-corrected chi connectivity index (χ3v) is 5.75. The van der Waals surface area contributed by atoms with E-state index in [4.69, 9.17) is 0 Å². The predicted octanol–water partition coefficient (Wildman–Crippen LogP) is 4.73. The highest BCUT2D eigenvalue weighted by Gasteiger charge is 2.36. The highest BCUT2D eigenvalue weighted by Crippen LogP contribution is 2.41. The minimum absolute atomic E-state index is 0.246. The molecule has 2 heterocycles. The van der Waals surface area contributed by atoms with Gasteiger partial charge >= 0.3 is 12.4 Å². The normalized spacial score (nSPS) is 16.3. The van der Waals surface area contributed by atoms with Crippen LogP contribution in [0.2, 0.25) is 0 Å². The van der Waals surface area contributed by atoms with Crippen molar-refractivity contribution in [1.82, 2.24) is 0 Å². The van der Waals surface area contributed by atoms with E-state index in [9.17, 15) is 45.5 Å². The Morgan fingerprint density at radius 3 is 1.11 bits per heavy atom. The Bertz CT molecular complexity index is 1210. The third kappa shape index (κ3) is 4.85. The first kappa shape index (κ1) is 24.3. The van der Waals surface area contributed by atoms with E-state index >= 15 is 0 Å². The van der Waals surface area contributed by atoms with Crippen LogP contribution >= 0.6 is 11.8 Å². The summed E-state index contributed by atoms with van der Waals surface area (Å²) in [5.74, 6) is -3.54. The maximum absolute atomic E-state index is 13.5. The third-order valence-electron chi connectivity index (χ3n) is 4.81. The lowest BCUT2D eigenvalue weighted by molar-refractivity contribution is -0.138. The first-order chi connectivity index (χ1) is 16.2. The van der Waals surface area contributed by atoms with E-state index < -0.39 is 58.5 Å². The van der Waals surface area contributed by atoms with Crippen LogP contribution in [0.4, 0.5) is 37.7 Å². The molecule has 0 saturated heterocycles. The van der Waals surface area contributed by atoms with Gasteiger partial charge in [0.1, 0.15) is 0 Å². The molecule has 2 aliphatic heterocycles. The molecule has 2 aliphatic rings. The number of nitrogens with zero attached hydrogens (tertiary/aromatic N) is 2. The van der Waals surface area contributed by atoms with Gasteiger partial charge in [-0.05, 0) is 36.4 Å². The zero-order valence-electron chi connectivity index (χ0n) is 17.0. The number of rotatable bonds is 4. The minimum Gasteiger partial charge on any atom is -0.269 e. The van der Waals surface area contributed by atoms with Crippen molar-refractivity contribution in [3.8, 4) is 0 Å². The maximum Gasteiger partial charge on any atom is 0.416 e. The number of anilines is 2. The molecule has 2 aromatic carbocycles. The monoisotopic (exact) mass is 512 g/mol. The van der Waals surface area contributed by atoms with Crippen LogP contribution in [-0.2, 0) is 31.5 Å². The SMILES string of the molecule is O=C1C=CC(=O)N1c1cc(Sc2cc(N3C(=O)C=CC3=O)cc(C(F)(F)F)c2)cc(C(F)(F)F)c1. The Hall–Kier alpha value is -3.87. The van der Waals surface area contributed by atoms with Crippen molar-refractivity contribution >= 4 is 46.8 Å². The van der Waals surface area contributed by atoms with Gasteiger partial charge in [-0.2, -0.15) is 26.3 Å². The van der Waals surface area contributed by atoms with E-state index in [2.05, 4.69) is 0 Å². The van der Waals surface area contributed by atoms with Gasteiger partial charge in [0.05, 0.1) is 22.5 Å². The molecule has 4 amide bonds. The van der Waals surface area contributed by atoms with Crippen molar-refractivity contribution in [3.05, 3.63) is 71.8 Å². The lowest BCUT2D eigenvalue weighted by Gasteiger charge is -2.19. The maximum atomic E-state index is 13.5. The molecule has 0 atom stereocenters. The molecule has 0 fully saturated rings. The molecule has 180 valence electrons. The topological polar surface area (TPSA) is 74.8 Å².